The van der Waals surface area contributed by atoms with Crippen LogP contribution in [0.5, 0.6) is 0 Å². The summed E-state index contributed by atoms with van der Waals surface area (Å²) in [5.74, 6) is 0. The van der Waals surface area contributed by atoms with E-state index in [0.29, 0.717) is 0 Å². The standard InChI is InChI=1S/C6H10.C2H6/c1-4-5-6(2)3;1-2/h4-5H,2H2,1,3H3;1-2H3/b5-4-;. The van der Waals surface area contributed by atoms with Crippen molar-refractivity contribution in [2.75, 3.05) is 0 Å². The molecule has 0 atom stereocenters. The van der Waals surface area contributed by atoms with Gasteiger partial charge in [0.25, 0.3) is 0 Å². The highest BCUT2D eigenvalue weighted by atomic mass is 13.7. The molecule has 0 aliphatic carbocycles. The average Bonchev–Trinajstić information content (AvgIpc) is 1.72. The van der Waals surface area contributed by atoms with Gasteiger partial charge < -0.3 is 0 Å². The van der Waals surface area contributed by atoms with Gasteiger partial charge in [-0.25, -0.2) is 0 Å². The maximum Gasteiger partial charge on any atom is -0.0404 e. The van der Waals surface area contributed by atoms with Crippen molar-refractivity contribution in [3.8, 4) is 0 Å². The van der Waals surface area contributed by atoms with Gasteiger partial charge in [-0.3, -0.25) is 0 Å². The lowest BCUT2D eigenvalue weighted by atomic mass is 10.3. The number of hydrogen-bond donors (Lipinski definition) is 0. The Balaban J connectivity index is 0. The third-order valence-corrected chi connectivity index (χ3v) is 0.451. The smallest absolute Gasteiger partial charge is 0.0404 e. The van der Waals surface area contributed by atoms with Crippen molar-refractivity contribution in [1.82, 2.24) is 0 Å². The monoisotopic (exact) mass is 112 g/mol. The summed E-state index contributed by atoms with van der Waals surface area (Å²) in [6.07, 6.45) is 3.95. The molecule has 0 rings (SSSR count). The molecule has 0 N–H and O–H groups in total. The van der Waals surface area contributed by atoms with E-state index in [1.54, 1.807) is 0 Å². The lowest BCUT2D eigenvalue weighted by Gasteiger charge is -1.75. The van der Waals surface area contributed by atoms with Gasteiger partial charge in [-0.1, -0.05) is 38.2 Å². The predicted octanol–water partition coefficient (Wildman–Crippen LogP) is 3.16. The fourth-order valence-corrected chi connectivity index (χ4v) is 0.285. The molecular weight excluding hydrogens is 96.1 g/mol. The molecule has 0 heterocycles. The van der Waals surface area contributed by atoms with Gasteiger partial charge in [0.05, 0.1) is 0 Å². The number of allylic oxidation sites excluding steroid dienone is 3. The van der Waals surface area contributed by atoms with Crippen LogP contribution in [0.1, 0.15) is 27.7 Å². The van der Waals surface area contributed by atoms with E-state index in [4.69, 9.17) is 0 Å². The summed E-state index contributed by atoms with van der Waals surface area (Å²) in [6.45, 7) is 11.6. The molecule has 0 aromatic carbocycles. The molecule has 0 saturated heterocycles. The lowest BCUT2D eigenvalue weighted by molar-refractivity contribution is 1.50. The SMILES string of the molecule is C=C(C)/C=C\C.CC. The molecule has 0 unspecified atom stereocenters. The Morgan fingerprint density at radius 2 is 1.75 bits per heavy atom. The summed E-state index contributed by atoms with van der Waals surface area (Å²) in [5.41, 5.74) is 1.11. The van der Waals surface area contributed by atoms with Gasteiger partial charge in [-0.05, 0) is 13.8 Å². The predicted molar refractivity (Wildman–Crippen MR) is 41.0 cm³/mol. The summed E-state index contributed by atoms with van der Waals surface area (Å²) >= 11 is 0. The van der Waals surface area contributed by atoms with Crippen molar-refractivity contribution < 1.29 is 0 Å². The molecule has 0 aliphatic rings. The Kier molecular flexibility index (Phi) is 12.7. The summed E-state index contributed by atoms with van der Waals surface area (Å²) in [6, 6.07) is 0. The molecule has 0 aromatic rings. The van der Waals surface area contributed by atoms with Crippen LogP contribution in [0.3, 0.4) is 0 Å². The molecule has 0 bridgehead atoms. The zero-order valence-electron chi connectivity index (χ0n) is 6.36. The highest BCUT2D eigenvalue weighted by Crippen LogP contribution is 1.85. The first kappa shape index (κ1) is 10.5. The second-order valence-electron chi connectivity index (χ2n) is 1.35. The van der Waals surface area contributed by atoms with E-state index in [0.717, 1.165) is 5.57 Å². The van der Waals surface area contributed by atoms with E-state index in [1.165, 1.54) is 0 Å². The van der Waals surface area contributed by atoms with Crippen LogP contribution >= 0.6 is 0 Å². The third kappa shape index (κ3) is 17.9. The van der Waals surface area contributed by atoms with Crippen LogP contribution < -0.4 is 0 Å². The first-order valence-corrected chi connectivity index (χ1v) is 3.05. The zero-order valence-corrected chi connectivity index (χ0v) is 6.36. The Bertz CT molecular complexity index is 68.1. The summed E-state index contributed by atoms with van der Waals surface area (Å²) in [5, 5.41) is 0. The lowest BCUT2D eigenvalue weighted by Crippen LogP contribution is -1.54. The second kappa shape index (κ2) is 9.70. The van der Waals surface area contributed by atoms with Crippen molar-refractivity contribution in [3.63, 3.8) is 0 Å². The summed E-state index contributed by atoms with van der Waals surface area (Å²) in [4.78, 5) is 0. The molecule has 0 aliphatic heterocycles. The highest BCUT2D eigenvalue weighted by molar-refractivity contribution is 5.09. The van der Waals surface area contributed by atoms with Crippen LogP contribution in [0.25, 0.3) is 0 Å². The van der Waals surface area contributed by atoms with Crippen LogP contribution in [0.2, 0.25) is 0 Å². The quantitative estimate of drug-likeness (QED) is 0.457. The largest absolute Gasteiger partial charge is 0.0961 e. The molecule has 0 spiro atoms. The van der Waals surface area contributed by atoms with Crippen LogP contribution in [-0.2, 0) is 0 Å². The summed E-state index contributed by atoms with van der Waals surface area (Å²) < 4.78 is 0. The fraction of sp³-hybridized carbons (Fsp3) is 0.500. The molecule has 8 heavy (non-hydrogen) atoms. The van der Waals surface area contributed by atoms with E-state index in [1.807, 2.05) is 39.8 Å². The minimum Gasteiger partial charge on any atom is -0.0961 e. The van der Waals surface area contributed by atoms with Gasteiger partial charge in [0.1, 0.15) is 0 Å². The maximum absolute atomic E-state index is 3.66. The van der Waals surface area contributed by atoms with Gasteiger partial charge >= 0.3 is 0 Å². The van der Waals surface area contributed by atoms with E-state index >= 15 is 0 Å². The Labute approximate surface area is 52.9 Å². The highest BCUT2D eigenvalue weighted by Gasteiger charge is 1.63. The summed E-state index contributed by atoms with van der Waals surface area (Å²) in [7, 11) is 0. The third-order valence-electron chi connectivity index (χ3n) is 0.451. The maximum atomic E-state index is 3.66. The van der Waals surface area contributed by atoms with Gasteiger partial charge in [0.2, 0.25) is 0 Å². The number of hydrogen-bond acceptors (Lipinski definition) is 0. The van der Waals surface area contributed by atoms with Crippen molar-refractivity contribution in [2.24, 2.45) is 0 Å². The Morgan fingerprint density at radius 1 is 1.38 bits per heavy atom. The van der Waals surface area contributed by atoms with Crippen LogP contribution in [0.4, 0.5) is 0 Å². The molecule has 48 valence electrons. The van der Waals surface area contributed by atoms with Crippen molar-refractivity contribution in [2.45, 2.75) is 27.7 Å². The van der Waals surface area contributed by atoms with E-state index in [-0.39, 0.29) is 0 Å². The molecule has 0 fully saturated rings. The van der Waals surface area contributed by atoms with Gasteiger partial charge in [-0.15, -0.1) is 0 Å². The van der Waals surface area contributed by atoms with Crippen molar-refractivity contribution >= 4 is 0 Å². The molecule has 0 heteroatoms. The van der Waals surface area contributed by atoms with Crippen LogP contribution in [-0.4, -0.2) is 0 Å². The molecule has 0 amide bonds. The van der Waals surface area contributed by atoms with Crippen molar-refractivity contribution in [1.29, 1.82) is 0 Å². The minimum atomic E-state index is 1.11. The van der Waals surface area contributed by atoms with E-state index in [9.17, 15) is 0 Å². The first-order chi connectivity index (χ1) is 3.77. The Hall–Kier alpha value is -0.520. The zero-order chi connectivity index (χ0) is 6.99. The molecule has 0 saturated carbocycles. The molecule has 0 nitrogen and oxygen atoms in total. The second-order valence-corrected chi connectivity index (χ2v) is 1.35. The van der Waals surface area contributed by atoms with Crippen LogP contribution in [0, 0.1) is 0 Å². The molecule has 0 aromatic heterocycles. The van der Waals surface area contributed by atoms with E-state index in [2.05, 4.69) is 6.58 Å². The average molecular weight is 112 g/mol. The van der Waals surface area contributed by atoms with Gasteiger partial charge in [0, 0.05) is 0 Å². The molecular formula is C8H16. The normalized spacial score (nSPS) is 8.00. The fourth-order valence-electron chi connectivity index (χ4n) is 0.285. The Morgan fingerprint density at radius 3 is 1.75 bits per heavy atom. The first-order valence-electron chi connectivity index (χ1n) is 3.05. The number of rotatable bonds is 1. The van der Waals surface area contributed by atoms with Crippen LogP contribution in [0.15, 0.2) is 24.3 Å². The van der Waals surface area contributed by atoms with Gasteiger partial charge in [0.15, 0.2) is 0 Å². The van der Waals surface area contributed by atoms with Gasteiger partial charge in [-0.2, -0.15) is 0 Å². The van der Waals surface area contributed by atoms with Crippen molar-refractivity contribution in [3.05, 3.63) is 24.3 Å². The van der Waals surface area contributed by atoms with E-state index < -0.39 is 0 Å². The topological polar surface area (TPSA) is 0 Å². The minimum absolute atomic E-state index is 1.11. The molecule has 0 radical (unpaired) electrons.